The van der Waals surface area contributed by atoms with Gasteiger partial charge in [-0.2, -0.15) is 13.2 Å². The summed E-state index contributed by atoms with van der Waals surface area (Å²) in [7, 11) is 0. The fourth-order valence-corrected chi connectivity index (χ4v) is 3.69. The zero-order chi connectivity index (χ0) is 25.3. The molecule has 0 spiro atoms. The number of H-pyrrole nitrogens is 1. The summed E-state index contributed by atoms with van der Waals surface area (Å²) >= 11 is 0. The lowest BCUT2D eigenvalue weighted by Gasteiger charge is -2.11. The molecule has 7 nitrogen and oxygen atoms in total. The quantitative estimate of drug-likeness (QED) is 0.220. The van der Waals surface area contributed by atoms with Crippen LogP contribution in [0.5, 0.6) is 0 Å². The molecule has 0 atom stereocenters. The van der Waals surface area contributed by atoms with Crippen molar-refractivity contribution in [2.24, 2.45) is 0 Å². The lowest BCUT2D eigenvalue weighted by atomic mass is 10.1. The Kier molecular flexibility index (Phi) is 5.77. The van der Waals surface area contributed by atoms with Crippen LogP contribution < -0.4 is 16.4 Å². The summed E-state index contributed by atoms with van der Waals surface area (Å²) < 4.78 is 39.0. The van der Waals surface area contributed by atoms with Gasteiger partial charge in [-0.05, 0) is 54.6 Å². The van der Waals surface area contributed by atoms with Crippen molar-refractivity contribution in [1.29, 1.82) is 0 Å². The number of nitrogen functional groups attached to an aromatic ring is 1. The van der Waals surface area contributed by atoms with Crippen LogP contribution in [0.1, 0.15) is 15.9 Å². The Hall–Kier alpha value is -4.86. The molecular formula is C26H19F3N6O. The summed E-state index contributed by atoms with van der Waals surface area (Å²) in [5.41, 5.74) is 9.43. The van der Waals surface area contributed by atoms with E-state index in [1.807, 2.05) is 18.2 Å². The molecule has 0 saturated heterocycles. The first-order valence-corrected chi connectivity index (χ1v) is 10.8. The zero-order valence-electron chi connectivity index (χ0n) is 18.6. The van der Waals surface area contributed by atoms with E-state index in [0.717, 1.165) is 23.2 Å². The number of benzene rings is 3. The molecule has 180 valence electrons. The van der Waals surface area contributed by atoms with Crippen LogP contribution >= 0.6 is 0 Å². The van der Waals surface area contributed by atoms with Crippen molar-refractivity contribution < 1.29 is 18.0 Å². The van der Waals surface area contributed by atoms with Crippen molar-refractivity contribution in [2.45, 2.75) is 6.18 Å². The van der Waals surface area contributed by atoms with E-state index in [9.17, 15) is 18.0 Å². The van der Waals surface area contributed by atoms with E-state index in [-0.39, 0.29) is 5.56 Å². The number of alkyl halides is 3. The van der Waals surface area contributed by atoms with Gasteiger partial charge in [0.15, 0.2) is 0 Å². The number of hydrogen-bond acceptors (Lipinski definition) is 5. The molecule has 0 unspecified atom stereocenters. The standard InChI is InChI=1S/C26H19F3N6O/c27-26(28,29)17-4-1-3-16(13-17)24(36)32-19-5-2-6-20(14-19)33-25-34-21-11-12-31-23(21)22(35-25)15-7-9-18(30)10-8-15/h1-14,31H,30H2,(H,32,36)(H,33,34,35). The van der Waals surface area contributed by atoms with Crippen LogP contribution in [0.15, 0.2) is 85.1 Å². The van der Waals surface area contributed by atoms with E-state index in [0.29, 0.717) is 34.2 Å². The number of nitrogens with one attached hydrogen (secondary N) is 3. The van der Waals surface area contributed by atoms with Crippen molar-refractivity contribution in [3.05, 3.63) is 96.2 Å². The maximum Gasteiger partial charge on any atom is 0.416 e. The van der Waals surface area contributed by atoms with Crippen LogP contribution in [0.4, 0.5) is 36.2 Å². The van der Waals surface area contributed by atoms with Crippen LogP contribution in [0.2, 0.25) is 0 Å². The Labute approximate surface area is 203 Å². The van der Waals surface area contributed by atoms with Crippen LogP contribution in [0.3, 0.4) is 0 Å². The number of carbonyl (C=O) groups is 1. The largest absolute Gasteiger partial charge is 0.416 e. The predicted molar refractivity (Wildman–Crippen MR) is 133 cm³/mol. The van der Waals surface area contributed by atoms with Gasteiger partial charge in [-0.3, -0.25) is 4.79 Å². The Balaban J connectivity index is 1.39. The number of nitrogens with two attached hydrogens (primary N) is 1. The summed E-state index contributed by atoms with van der Waals surface area (Å²) in [5.74, 6) is -0.329. The number of aromatic nitrogens is 3. The minimum Gasteiger partial charge on any atom is -0.399 e. The highest BCUT2D eigenvalue weighted by atomic mass is 19.4. The zero-order valence-corrected chi connectivity index (χ0v) is 18.6. The number of aromatic amines is 1. The van der Waals surface area contributed by atoms with Gasteiger partial charge in [-0.15, -0.1) is 0 Å². The topological polar surface area (TPSA) is 109 Å². The Morgan fingerprint density at radius 3 is 2.42 bits per heavy atom. The molecule has 3 aromatic carbocycles. The second kappa shape index (κ2) is 9.06. The van der Waals surface area contributed by atoms with Crippen LogP contribution in [0.25, 0.3) is 22.3 Å². The third kappa shape index (κ3) is 4.83. The second-order valence-electron chi connectivity index (χ2n) is 7.99. The number of fused-ring (bicyclic) bond motifs is 1. The molecule has 5 N–H and O–H groups in total. The third-order valence-corrected chi connectivity index (χ3v) is 5.42. The monoisotopic (exact) mass is 488 g/mol. The molecule has 36 heavy (non-hydrogen) atoms. The normalized spacial score (nSPS) is 11.4. The van der Waals surface area contributed by atoms with Gasteiger partial charge in [0.25, 0.3) is 5.91 Å². The van der Waals surface area contributed by atoms with Crippen LogP contribution in [-0.2, 0) is 6.18 Å². The van der Waals surface area contributed by atoms with Gasteiger partial charge in [0.1, 0.15) is 0 Å². The van der Waals surface area contributed by atoms with Gasteiger partial charge in [0.2, 0.25) is 5.95 Å². The number of halogens is 3. The third-order valence-electron chi connectivity index (χ3n) is 5.42. The molecule has 0 saturated carbocycles. The number of amides is 1. The maximum atomic E-state index is 13.0. The molecule has 0 aliphatic rings. The van der Waals surface area contributed by atoms with E-state index < -0.39 is 17.6 Å². The van der Waals surface area contributed by atoms with E-state index in [4.69, 9.17) is 5.73 Å². The van der Waals surface area contributed by atoms with Gasteiger partial charge >= 0.3 is 6.18 Å². The average molecular weight is 488 g/mol. The summed E-state index contributed by atoms with van der Waals surface area (Å²) in [5, 5.41) is 5.76. The number of nitrogens with zero attached hydrogens (tertiary/aromatic N) is 2. The molecular weight excluding hydrogens is 469 g/mol. The SMILES string of the molecule is Nc1ccc(-c2nc(Nc3cccc(NC(=O)c4cccc(C(F)(F)F)c4)c3)nc3cc[nH]c23)cc1. The first-order valence-electron chi connectivity index (χ1n) is 10.8. The average Bonchev–Trinajstić information content (AvgIpc) is 3.33. The summed E-state index contributed by atoms with van der Waals surface area (Å²) in [6.07, 6.45) is -2.76. The number of hydrogen-bond donors (Lipinski definition) is 4. The first-order chi connectivity index (χ1) is 17.3. The van der Waals surface area contributed by atoms with Crippen LogP contribution in [0, 0.1) is 0 Å². The fourth-order valence-electron chi connectivity index (χ4n) is 3.69. The Morgan fingerprint density at radius 2 is 1.64 bits per heavy atom. The van der Waals surface area contributed by atoms with Crippen molar-refractivity contribution in [3.63, 3.8) is 0 Å². The first kappa shape index (κ1) is 22.9. The minimum atomic E-state index is -4.54. The van der Waals surface area contributed by atoms with Gasteiger partial charge in [-0.1, -0.05) is 24.3 Å². The van der Waals surface area contributed by atoms with Crippen molar-refractivity contribution in [2.75, 3.05) is 16.4 Å². The van der Waals surface area contributed by atoms with E-state index in [1.165, 1.54) is 12.1 Å². The summed E-state index contributed by atoms with van der Waals surface area (Å²) in [6, 6.07) is 20.1. The molecule has 0 radical (unpaired) electrons. The van der Waals surface area contributed by atoms with Crippen molar-refractivity contribution >= 4 is 40.0 Å². The van der Waals surface area contributed by atoms with Gasteiger partial charge in [0, 0.05) is 34.4 Å². The molecule has 0 bridgehead atoms. The highest BCUT2D eigenvalue weighted by Gasteiger charge is 2.30. The summed E-state index contributed by atoms with van der Waals surface area (Å²) in [4.78, 5) is 24.9. The molecule has 2 heterocycles. The van der Waals surface area contributed by atoms with E-state index in [2.05, 4.69) is 25.6 Å². The Bertz CT molecular complexity index is 1560. The maximum absolute atomic E-state index is 13.0. The molecule has 5 aromatic rings. The van der Waals surface area contributed by atoms with Gasteiger partial charge in [-0.25, -0.2) is 9.97 Å². The number of carbonyl (C=O) groups excluding carboxylic acids is 1. The Morgan fingerprint density at radius 1 is 0.889 bits per heavy atom. The molecule has 0 aliphatic carbocycles. The van der Waals surface area contributed by atoms with Gasteiger partial charge in [0.05, 0.1) is 22.3 Å². The molecule has 2 aromatic heterocycles. The van der Waals surface area contributed by atoms with E-state index in [1.54, 1.807) is 42.6 Å². The number of anilines is 4. The molecule has 10 heteroatoms. The molecule has 0 fully saturated rings. The smallest absolute Gasteiger partial charge is 0.399 e. The molecule has 1 amide bonds. The predicted octanol–water partition coefficient (Wildman–Crippen LogP) is 6.22. The summed E-state index contributed by atoms with van der Waals surface area (Å²) in [6.45, 7) is 0. The minimum absolute atomic E-state index is 0.0995. The number of rotatable bonds is 5. The molecule has 0 aliphatic heterocycles. The second-order valence-corrected chi connectivity index (χ2v) is 7.99. The van der Waals surface area contributed by atoms with Crippen molar-refractivity contribution in [3.8, 4) is 11.3 Å². The molecule has 5 rings (SSSR count). The van der Waals surface area contributed by atoms with Crippen molar-refractivity contribution in [1.82, 2.24) is 15.0 Å². The van der Waals surface area contributed by atoms with E-state index >= 15 is 0 Å². The fraction of sp³-hybridized carbons (Fsp3) is 0.0385. The highest BCUT2D eigenvalue weighted by Crippen LogP contribution is 2.30. The highest BCUT2D eigenvalue weighted by molar-refractivity contribution is 6.04. The van der Waals surface area contributed by atoms with Crippen LogP contribution in [-0.4, -0.2) is 20.9 Å². The lowest BCUT2D eigenvalue weighted by Crippen LogP contribution is -2.14. The van der Waals surface area contributed by atoms with Gasteiger partial charge < -0.3 is 21.4 Å². The lowest BCUT2D eigenvalue weighted by molar-refractivity contribution is -0.137.